The van der Waals surface area contributed by atoms with Crippen molar-refractivity contribution in [3.8, 4) is 28.5 Å². The lowest BCUT2D eigenvalue weighted by Crippen LogP contribution is -2.52. The second-order valence-electron chi connectivity index (χ2n) is 14.9. The SMILES string of the molecule is Cl.O=C(c1ccc(Nc2ccc(OP(=O)(O)O)cc2)cc1)c1cc(-c2cc3c(cc2C(=O)N2Cc4ccccc4C[C@H]2CN2CCOCC2)OCO3)n2c1CCCC2. The summed E-state index contributed by atoms with van der Waals surface area (Å²) in [6, 6.07) is 27.4. The number of rotatable bonds is 10. The minimum atomic E-state index is -4.65. The van der Waals surface area contributed by atoms with Crippen LogP contribution in [0.3, 0.4) is 0 Å². The Morgan fingerprint density at radius 1 is 0.828 bits per heavy atom. The van der Waals surface area contributed by atoms with Crippen molar-refractivity contribution < 1.29 is 42.7 Å². The molecule has 302 valence electrons. The Kier molecular flexibility index (Phi) is 11.4. The summed E-state index contributed by atoms with van der Waals surface area (Å²) in [6.45, 7) is 5.05. The molecule has 3 N–H and O–H groups in total. The largest absolute Gasteiger partial charge is 0.524 e. The summed E-state index contributed by atoms with van der Waals surface area (Å²) in [7, 11) is -4.65. The third-order valence-electron chi connectivity index (χ3n) is 11.2. The summed E-state index contributed by atoms with van der Waals surface area (Å²) in [4.78, 5) is 52.0. The van der Waals surface area contributed by atoms with Crippen LogP contribution in [0.25, 0.3) is 11.3 Å². The number of nitrogens with one attached hydrogen (secondary N) is 1. The molecule has 0 radical (unpaired) electrons. The predicted molar refractivity (Wildman–Crippen MR) is 220 cm³/mol. The molecule has 0 unspecified atom stereocenters. The van der Waals surface area contributed by atoms with Crippen molar-refractivity contribution in [1.82, 2.24) is 14.4 Å². The molecule has 1 saturated heterocycles. The number of aromatic nitrogens is 1. The first-order valence-electron chi connectivity index (χ1n) is 19.3. The first-order valence-corrected chi connectivity index (χ1v) is 20.8. The normalized spacial score (nSPS) is 17.5. The van der Waals surface area contributed by atoms with Gasteiger partial charge in [-0.1, -0.05) is 24.3 Å². The number of phosphoric ester groups is 1. The van der Waals surface area contributed by atoms with Gasteiger partial charge in [-0.2, -0.15) is 0 Å². The molecule has 4 aromatic carbocycles. The Hall–Kier alpha value is -5.14. The maximum atomic E-state index is 15.1. The number of morpholine rings is 1. The quantitative estimate of drug-likeness (QED) is 0.0988. The summed E-state index contributed by atoms with van der Waals surface area (Å²) in [5.74, 6) is 0.964. The zero-order valence-corrected chi connectivity index (χ0v) is 33.4. The van der Waals surface area contributed by atoms with Gasteiger partial charge in [0, 0.05) is 78.2 Å². The summed E-state index contributed by atoms with van der Waals surface area (Å²) >= 11 is 0. The first-order chi connectivity index (χ1) is 27.7. The van der Waals surface area contributed by atoms with Crippen LogP contribution in [0.5, 0.6) is 17.2 Å². The number of carbonyl (C=O) groups excluding carboxylic acids is 2. The lowest BCUT2D eigenvalue weighted by atomic mass is 9.92. The Morgan fingerprint density at radius 2 is 1.52 bits per heavy atom. The number of hydrogen-bond acceptors (Lipinski definition) is 9. The fourth-order valence-corrected chi connectivity index (χ4v) is 8.81. The van der Waals surface area contributed by atoms with Gasteiger partial charge in [0.1, 0.15) is 5.75 Å². The average Bonchev–Trinajstić information content (AvgIpc) is 3.85. The van der Waals surface area contributed by atoms with Crippen molar-refractivity contribution in [2.24, 2.45) is 0 Å². The molecule has 9 rings (SSSR count). The average molecular weight is 827 g/mol. The van der Waals surface area contributed by atoms with Crippen molar-refractivity contribution >= 4 is 43.3 Å². The highest BCUT2D eigenvalue weighted by Gasteiger charge is 2.35. The number of hydrogen-bond donors (Lipinski definition) is 3. The molecule has 0 saturated carbocycles. The number of nitrogens with zero attached hydrogens (tertiary/aromatic N) is 3. The first kappa shape index (κ1) is 39.7. The van der Waals surface area contributed by atoms with Crippen LogP contribution < -0.4 is 19.3 Å². The molecule has 4 aliphatic rings. The highest BCUT2D eigenvalue weighted by Crippen LogP contribution is 2.43. The smallest absolute Gasteiger partial charge is 0.454 e. The van der Waals surface area contributed by atoms with Gasteiger partial charge in [-0.3, -0.25) is 24.3 Å². The van der Waals surface area contributed by atoms with Crippen LogP contribution in [0.4, 0.5) is 11.4 Å². The third-order valence-corrected chi connectivity index (χ3v) is 11.7. The molecule has 1 aromatic heterocycles. The van der Waals surface area contributed by atoms with Crippen LogP contribution in [0.15, 0.2) is 91.0 Å². The number of amides is 1. The van der Waals surface area contributed by atoms with Gasteiger partial charge in [0.25, 0.3) is 5.91 Å². The molecular formula is C43H44ClN4O9P. The molecule has 5 aromatic rings. The number of ketones is 1. The monoisotopic (exact) mass is 826 g/mol. The minimum Gasteiger partial charge on any atom is -0.454 e. The van der Waals surface area contributed by atoms with Crippen molar-refractivity contribution in [3.05, 3.63) is 125 Å². The van der Waals surface area contributed by atoms with Crippen LogP contribution in [0, 0.1) is 0 Å². The highest BCUT2D eigenvalue weighted by atomic mass is 35.5. The molecule has 0 bridgehead atoms. The summed E-state index contributed by atoms with van der Waals surface area (Å²) in [5.41, 5.74) is 7.94. The molecule has 1 atom stereocenters. The van der Waals surface area contributed by atoms with E-state index in [1.54, 1.807) is 24.3 Å². The fourth-order valence-electron chi connectivity index (χ4n) is 8.42. The van der Waals surface area contributed by atoms with Gasteiger partial charge in [0.05, 0.1) is 18.8 Å². The molecule has 1 amide bonds. The summed E-state index contributed by atoms with van der Waals surface area (Å²) in [6.07, 6.45) is 3.40. The number of halogens is 1. The van der Waals surface area contributed by atoms with Gasteiger partial charge in [-0.05, 0) is 104 Å². The van der Waals surface area contributed by atoms with E-state index in [-0.39, 0.29) is 42.7 Å². The van der Waals surface area contributed by atoms with Gasteiger partial charge in [0.2, 0.25) is 6.79 Å². The lowest BCUT2D eigenvalue weighted by molar-refractivity contribution is 0.0193. The van der Waals surface area contributed by atoms with Crippen LogP contribution in [-0.2, 0) is 35.2 Å². The Morgan fingerprint density at radius 3 is 2.24 bits per heavy atom. The van der Waals surface area contributed by atoms with E-state index >= 15 is 4.79 Å². The van der Waals surface area contributed by atoms with Crippen molar-refractivity contribution in [1.29, 1.82) is 0 Å². The van der Waals surface area contributed by atoms with Gasteiger partial charge in [-0.25, -0.2) is 4.57 Å². The van der Waals surface area contributed by atoms with Gasteiger partial charge >= 0.3 is 7.82 Å². The highest BCUT2D eigenvalue weighted by molar-refractivity contribution is 7.46. The van der Waals surface area contributed by atoms with E-state index in [1.807, 2.05) is 41.3 Å². The van der Waals surface area contributed by atoms with Gasteiger partial charge in [-0.15, -0.1) is 12.4 Å². The van der Waals surface area contributed by atoms with E-state index in [9.17, 15) is 9.36 Å². The van der Waals surface area contributed by atoms with E-state index in [1.165, 1.54) is 17.7 Å². The van der Waals surface area contributed by atoms with Crippen LogP contribution in [0.2, 0.25) is 0 Å². The number of benzene rings is 4. The van der Waals surface area contributed by atoms with E-state index < -0.39 is 7.82 Å². The molecule has 58 heavy (non-hydrogen) atoms. The molecular weight excluding hydrogens is 783 g/mol. The second kappa shape index (κ2) is 16.6. The molecule has 13 nitrogen and oxygen atoms in total. The zero-order chi connectivity index (χ0) is 39.1. The number of ether oxygens (including phenoxy) is 3. The maximum Gasteiger partial charge on any atom is 0.524 e. The van der Waals surface area contributed by atoms with E-state index in [4.69, 9.17) is 24.0 Å². The second-order valence-corrected chi connectivity index (χ2v) is 16.0. The van der Waals surface area contributed by atoms with E-state index in [0.717, 1.165) is 74.5 Å². The number of phosphoric acid groups is 1. The van der Waals surface area contributed by atoms with Crippen molar-refractivity contribution in [2.75, 3.05) is 45.0 Å². The Balaban J connectivity index is 0.00000469. The van der Waals surface area contributed by atoms with Crippen LogP contribution >= 0.6 is 20.2 Å². The summed E-state index contributed by atoms with van der Waals surface area (Å²) < 4.78 is 35.3. The fraction of sp³-hybridized carbons (Fsp3) is 0.302. The predicted octanol–water partition coefficient (Wildman–Crippen LogP) is 6.99. The summed E-state index contributed by atoms with van der Waals surface area (Å²) in [5, 5.41) is 3.24. The lowest BCUT2D eigenvalue weighted by Gasteiger charge is -2.40. The standard InChI is InChI=1S/C43H43N4O9P.ClH/c48-42(28-8-10-31(11-9-28)44-32-12-14-34(15-13-32)56-57(50,51)52)37-22-39(46-16-4-3-7-38(37)46)35-23-40-41(55-27-54-40)24-36(35)43(49)47-25-30-6-2-1-5-29(30)21-33(47)26-45-17-19-53-20-18-45;/h1-2,5-6,8-15,22-24,33,44H,3-4,7,16-21,25-27H2,(H2,50,51,52);1H/t33-;/m0./s1. The van der Waals surface area contributed by atoms with Gasteiger partial charge in [0.15, 0.2) is 17.3 Å². The van der Waals surface area contributed by atoms with E-state index in [0.29, 0.717) is 59.2 Å². The number of fused-ring (bicyclic) bond motifs is 3. The molecule has 1 fully saturated rings. The maximum absolute atomic E-state index is 15.1. The van der Waals surface area contributed by atoms with Gasteiger partial charge < -0.3 is 33.5 Å². The Bertz CT molecular complexity index is 2370. The molecule has 15 heteroatoms. The van der Waals surface area contributed by atoms with Crippen LogP contribution in [0.1, 0.15) is 55.9 Å². The number of carbonyl (C=O) groups is 2. The Labute approximate surface area is 342 Å². The minimum absolute atomic E-state index is 0. The van der Waals surface area contributed by atoms with E-state index in [2.05, 4.69) is 37.5 Å². The molecule has 5 heterocycles. The van der Waals surface area contributed by atoms with Crippen molar-refractivity contribution in [2.45, 2.75) is 44.8 Å². The molecule has 4 aliphatic heterocycles. The third kappa shape index (κ3) is 8.24. The topological polar surface area (TPSA) is 152 Å². The van der Waals surface area contributed by atoms with Crippen molar-refractivity contribution in [3.63, 3.8) is 0 Å². The molecule has 0 aliphatic carbocycles. The zero-order valence-electron chi connectivity index (χ0n) is 31.7. The molecule has 0 spiro atoms. The number of anilines is 2. The van der Waals surface area contributed by atoms with Crippen LogP contribution in [-0.4, -0.2) is 81.5 Å².